The molecule has 8 nitrogen and oxygen atoms in total. The summed E-state index contributed by atoms with van der Waals surface area (Å²) in [7, 11) is 0. The van der Waals surface area contributed by atoms with E-state index in [1.165, 1.54) is 18.3 Å². The fourth-order valence-electron chi connectivity index (χ4n) is 2.69. The van der Waals surface area contributed by atoms with Crippen molar-refractivity contribution in [2.45, 2.75) is 6.92 Å². The molecular weight excluding hydrogens is 446 g/mol. The Bertz CT molecular complexity index is 1190. The maximum Gasteiger partial charge on any atom is 0.338 e. The first-order valence-electron chi connectivity index (χ1n) is 9.77. The topological polar surface area (TPSA) is 117 Å². The zero-order valence-electron chi connectivity index (χ0n) is 17.5. The number of rotatable bonds is 8. The molecule has 0 saturated carbocycles. The number of carbonyl (C=O) groups excluding carboxylic acids is 2. The van der Waals surface area contributed by atoms with Crippen LogP contribution in [0.1, 0.15) is 31.8 Å². The van der Waals surface area contributed by atoms with Gasteiger partial charge in [0.05, 0.1) is 28.1 Å². The second-order valence-corrected chi connectivity index (χ2v) is 7.39. The number of hydrogen-bond acceptors (Lipinski definition) is 6. The van der Waals surface area contributed by atoms with E-state index in [9.17, 15) is 14.4 Å². The Morgan fingerprint density at radius 3 is 2.33 bits per heavy atom. The lowest BCUT2D eigenvalue weighted by molar-refractivity contribution is -0.119. The summed E-state index contributed by atoms with van der Waals surface area (Å²) in [5.74, 6) is -2.20. The normalized spacial score (nSPS) is 10.6. The maximum absolute atomic E-state index is 12.2. The van der Waals surface area contributed by atoms with Crippen LogP contribution in [-0.4, -0.2) is 35.8 Å². The summed E-state index contributed by atoms with van der Waals surface area (Å²) < 4.78 is 5.05. The number of aryl methyl sites for hydroxylation is 1. The smallest absolute Gasteiger partial charge is 0.338 e. The average Bonchev–Trinajstić information content (AvgIpc) is 2.80. The number of ether oxygens (including phenoxy) is 1. The number of anilines is 2. The molecule has 0 bridgehead atoms. The quantitative estimate of drug-likeness (QED) is 0.254. The zero-order chi connectivity index (χ0) is 23.8. The van der Waals surface area contributed by atoms with Gasteiger partial charge in [-0.25, -0.2) is 9.59 Å². The third kappa shape index (κ3) is 6.91. The number of hydrazone groups is 1. The molecule has 3 aromatic rings. The van der Waals surface area contributed by atoms with Crippen molar-refractivity contribution in [1.82, 2.24) is 0 Å². The van der Waals surface area contributed by atoms with Gasteiger partial charge in [-0.1, -0.05) is 41.4 Å². The second-order valence-electron chi connectivity index (χ2n) is 6.98. The standard InChI is InChI=1S/C24H20ClN3O5/c1-15-2-8-18(9-3-15)27-22(29)14-33-24(32)17-6-4-16(5-7-17)13-26-28-19-10-11-21(25)20(12-19)23(30)31/h2-13,28H,14H2,1H3,(H,27,29)(H,30,31)/b26-13+. The summed E-state index contributed by atoms with van der Waals surface area (Å²) in [5, 5.41) is 15.9. The predicted octanol–water partition coefficient (Wildman–Crippen LogP) is 4.59. The van der Waals surface area contributed by atoms with Crippen LogP contribution in [0.2, 0.25) is 5.02 Å². The van der Waals surface area contributed by atoms with Gasteiger partial charge >= 0.3 is 11.9 Å². The molecule has 0 aliphatic rings. The summed E-state index contributed by atoms with van der Waals surface area (Å²) in [5.41, 5.74) is 5.80. The van der Waals surface area contributed by atoms with Gasteiger partial charge in [0.2, 0.25) is 0 Å². The van der Waals surface area contributed by atoms with E-state index < -0.39 is 24.5 Å². The summed E-state index contributed by atoms with van der Waals surface area (Å²) in [6, 6.07) is 18.1. The van der Waals surface area contributed by atoms with Gasteiger partial charge in [-0.2, -0.15) is 5.10 Å². The number of benzene rings is 3. The maximum atomic E-state index is 12.2. The van der Waals surface area contributed by atoms with Crippen LogP contribution in [0, 0.1) is 6.92 Å². The molecular formula is C24H20ClN3O5. The number of carboxylic acid groups (broad SMARTS) is 1. The van der Waals surface area contributed by atoms with Crippen molar-refractivity contribution in [2.24, 2.45) is 5.10 Å². The summed E-state index contributed by atoms with van der Waals surface area (Å²) in [6.45, 7) is 1.54. The third-order valence-corrected chi connectivity index (χ3v) is 4.75. The molecule has 0 heterocycles. The second kappa shape index (κ2) is 10.9. The average molecular weight is 466 g/mol. The van der Waals surface area contributed by atoms with Crippen molar-refractivity contribution in [3.8, 4) is 0 Å². The first-order chi connectivity index (χ1) is 15.8. The lowest BCUT2D eigenvalue weighted by Gasteiger charge is -2.07. The van der Waals surface area contributed by atoms with Crippen LogP contribution in [0.15, 0.2) is 71.8 Å². The van der Waals surface area contributed by atoms with Crippen molar-refractivity contribution in [2.75, 3.05) is 17.3 Å². The van der Waals surface area contributed by atoms with Gasteiger partial charge in [-0.3, -0.25) is 10.2 Å². The first-order valence-corrected chi connectivity index (χ1v) is 10.2. The first kappa shape index (κ1) is 23.5. The molecule has 0 radical (unpaired) electrons. The molecule has 0 aliphatic heterocycles. The van der Waals surface area contributed by atoms with Gasteiger partial charge in [-0.05, 0) is 55.0 Å². The summed E-state index contributed by atoms with van der Waals surface area (Å²) in [4.78, 5) is 35.2. The molecule has 3 N–H and O–H groups in total. The summed E-state index contributed by atoms with van der Waals surface area (Å²) in [6.07, 6.45) is 1.50. The minimum Gasteiger partial charge on any atom is -0.478 e. The number of hydrogen-bond donors (Lipinski definition) is 3. The Morgan fingerprint density at radius 2 is 1.67 bits per heavy atom. The Kier molecular flexibility index (Phi) is 7.77. The minimum absolute atomic E-state index is 0.0349. The van der Waals surface area contributed by atoms with Gasteiger partial charge in [0.25, 0.3) is 5.91 Å². The minimum atomic E-state index is -1.14. The molecule has 3 aromatic carbocycles. The molecule has 33 heavy (non-hydrogen) atoms. The lowest BCUT2D eigenvalue weighted by atomic mass is 10.1. The molecule has 3 rings (SSSR count). The Balaban J connectivity index is 1.50. The number of carbonyl (C=O) groups is 3. The molecule has 0 aliphatic carbocycles. The van der Waals surface area contributed by atoms with Crippen LogP contribution in [0.3, 0.4) is 0 Å². The fraction of sp³-hybridized carbons (Fsp3) is 0.0833. The number of amides is 1. The van der Waals surface area contributed by atoms with Crippen LogP contribution < -0.4 is 10.7 Å². The lowest BCUT2D eigenvalue weighted by Crippen LogP contribution is -2.20. The molecule has 0 spiro atoms. The molecule has 0 aromatic heterocycles. The van der Waals surface area contributed by atoms with E-state index in [0.29, 0.717) is 16.9 Å². The monoisotopic (exact) mass is 465 g/mol. The van der Waals surface area contributed by atoms with E-state index in [0.717, 1.165) is 5.56 Å². The van der Waals surface area contributed by atoms with E-state index >= 15 is 0 Å². The van der Waals surface area contributed by atoms with Crippen molar-refractivity contribution in [3.05, 3.63) is 94.0 Å². The summed E-state index contributed by atoms with van der Waals surface area (Å²) >= 11 is 5.84. The Labute approximate surface area is 194 Å². The highest BCUT2D eigenvalue weighted by atomic mass is 35.5. The van der Waals surface area contributed by atoms with Crippen LogP contribution >= 0.6 is 11.6 Å². The van der Waals surface area contributed by atoms with Crippen molar-refractivity contribution in [1.29, 1.82) is 0 Å². The Hall–Kier alpha value is -4.17. The third-order valence-electron chi connectivity index (χ3n) is 4.42. The highest BCUT2D eigenvalue weighted by Gasteiger charge is 2.11. The number of aromatic carboxylic acids is 1. The molecule has 1 amide bonds. The van der Waals surface area contributed by atoms with E-state index in [1.54, 1.807) is 42.5 Å². The fourth-order valence-corrected chi connectivity index (χ4v) is 2.89. The van der Waals surface area contributed by atoms with Gasteiger partial charge in [0.1, 0.15) is 0 Å². The zero-order valence-corrected chi connectivity index (χ0v) is 18.3. The molecule has 9 heteroatoms. The van der Waals surface area contributed by atoms with Crippen LogP contribution in [0.4, 0.5) is 11.4 Å². The van der Waals surface area contributed by atoms with E-state index in [4.69, 9.17) is 21.4 Å². The molecule has 0 unspecified atom stereocenters. The van der Waals surface area contributed by atoms with Crippen molar-refractivity contribution < 1.29 is 24.2 Å². The number of carboxylic acids is 1. The van der Waals surface area contributed by atoms with Crippen molar-refractivity contribution >= 4 is 47.0 Å². The highest BCUT2D eigenvalue weighted by Crippen LogP contribution is 2.20. The Morgan fingerprint density at radius 1 is 1.00 bits per heavy atom. The van der Waals surface area contributed by atoms with Crippen molar-refractivity contribution in [3.63, 3.8) is 0 Å². The number of nitrogens with one attached hydrogen (secondary N) is 2. The number of nitrogens with zero attached hydrogens (tertiary/aromatic N) is 1. The molecule has 0 fully saturated rings. The van der Waals surface area contributed by atoms with Crippen LogP contribution in [0.25, 0.3) is 0 Å². The number of halogens is 1. The number of esters is 1. The van der Waals surface area contributed by atoms with Gasteiger partial charge in [0, 0.05) is 5.69 Å². The molecule has 168 valence electrons. The molecule has 0 atom stereocenters. The largest absolute Gasteiger partial charge is 0.478 e. The van der Waals surface area contributed by atoms with E-state index in [1.807, 2.05) is 19.1 Å². The van der Waals surface area contributed by atoms with E-state index in [-0.39, 0.29) is 16.1 Å². The van der Waals surface area contributed by atoms with Gasteiger partial charge < -0.3 is 15.2 Å². The predicted molar refractivity (Wildman–Crippen MR) is 126 cm³/mol. The van der Waals surface area contributed by atoms with Gasteiger partial charge in [-0.15, -0.1) is 0 Å². The SMILES string of the molecule is Cc1ccc(NC(=O)COC(=O)c2ccc(/C=N/Nc3ccc(Cl)c(C(=O)O)c3)cc2)cc1. The van der Waals surface area contributed by atoms with Gasteiger partial charge in [0.15, 0.2) is 6.61 Å². The van der Waals surface area contributed by atoms with Crippen LogP contribution in [0.5, 0.6) is 0 Å². The highest BCUT2D eigenvalue weighted by molar-refractivity contribution is 6.33. The van der Waals surface area contributed by atoms with E-state index in [2.05, 4.69) is 15.8 Å². The van der Waals surface area contributed by atoms with Crippen LogP contribution in [-0.2, 0) is 9.53 Å². The molecule has 0 saturated heterocycles.